The fourth-order valence-corrected chi connectivity index (χ4v) is 4.47. The Balaban J connectivity index is 1.49. The largest absolute Gasteiger partial charge is 0.482 e. The molecule has 0 aliphatic carbocycles. The highest BCUT2D eigenvalue weighted by Crippen LogP contribution is 2.44. The van der Waals surface area contributed by atoms with Crippen LogP contribution in [-0.4, -0.2) is 35.8 Å². The minimum atomic E-state index is -0.816. The van der Waals surface area contributed by atoms with Crippen LogP contribution in [0.2, 0.25) is 0 Å². The van der Waals surface area contributed by atoms with Gasteiger partial charge in [0.2, 0.25) is 0 Å². The summed E-state index contributed by atoms with van der Waals surface area (Å²) in [6, 6.07) is 8.06. The van der Waals surface area contributed by atoms with Crippen LogP contribution in [0.5, 0.6) is 0 Å². The first-order chi connectivity index (χ1) is 14.8. The number of alkyl halides is 1. The Morgan fingerprint density at radius 1 is 1.26 bits per heavy atom. The van der Waals surface area contributed by atoms with Gasteiger partial charge in [-0.3, -0.25) is 4.79 Å². The van der Waals surface area contributed by atoms with Gasteiger partial charge in [0, 0.05) is 29.4 Å². The van der Waals surface area contributed by atoms with E-state index in [-0.39, 0.29) is 5.91 Å². The highest BCUT2D eigenvalue weighted by atomic mass is 19.1. The first kappa shape index (κ1) is 19.7. The Labute approximate surface area is 179 Å². The van der Waals surface area contributed by atoms with Crippen molar-refractivity contribution in [1.82, 2.24) is 4.98 Å². The minimum absolute atomic E-state index is 0.316. The van der Waals surface area contributed by atoms with Crippen molar-refractivity contribution in [2.24, 2.45) is 0 Å². The lowest BCUT2D eigenvalue weighted by molar-refractivity contribution is -0.111. The van der Waals surface area contributed by atoms with E-state index in [9.17, 15) is 13.6 Å². The van der Waals surface area contributed by atoms with E-state index in [4.69, 9.17) is 4.74 Å². The van der Waals surface area contributed by atoms with Crippen molar-refractivity contribution in [2.75, 3.05) is 23.3 Å². The van der Waals surface area contributed by atoms with Crippen LogP contribution in [0.25, 0.3) is 11.1 Å². The third-order valence-electron chi connectivity index (χ3n) is 6.01. The number of anilines is 2. The van der Waals surface area contributed by atoms with Crippen molar-refractivity contribution in [3.05, 3.63) is 65.3 Å². The van der Waals surface area contributed by atoms with Crippen molar-refractivity contribution in [3.63, 3.8) is 0 Å². The van der Waals surface area contributed by atoms with Gasteiger partial charge in [-0.25, -0.2) is 13.8 Å². The number of piperidine rings is 1. The van der Waals surface area contributed by atoms with E-state index in [2.05, 4.69) is 10.3 Å². The van der Waals surface area contributed by atoms with E-state index in [1.807, 2.05) is 37.0 Å². The van der Waals surface area contributed by atoms with Crippen LogP contribution < -0.4 is 10.2 Å². The molecular formula is C24H23F2N3O2. The summed E-state index contributed by atoms with van der Waals surface area (Å²) < 4.78 is 33.5. The van der Waals surface area contributed by atoms with Crippen LogP contribution in [0.15, 0.2) is 48.4 Å². The number of benzene rings is 1. The Morgan fingerprint density at radius 3 is 2.84 bits per heavy atom. The van der Waals surface area contributed by atoms with Gasteiger partial charge in [0.05, 0.1) is 17.8 Å². The molecule has 1 fully saturated rings. The van der Waals surface area contributed by atoms with Gasteiger partial charge in [-0.2, -0.15) is 0 Å². The maximum atomic E-state index is 13.7. The first-order valence-corrected chi connectivity index (χ1v) is 10.4. The number of amides is 1. The second kappa shape index (κ2) is 7.18. The Hall–Kier alpha value is -3.22. The molecule has 1 N–H and O–H groups in total. The molecule has 1 aromatic carbocycles. The summed E-state index contributed by atoms with van der Waals surface area (Å²) in [5.41, 5.74) is 2.54. The molecule has 1 saturated heterocycles. The molecule has 7 heteroatoms. The van der Waals surface area contributed by atoms with Gasteiger partial charge in [-0.05, 0) is 63.1 Å². The average molecular weight is 423 g/mol. The number of carbonyl (C=O) groups is 1. The maximum Gasteiger partial charge on any atom is 0.260 e. The van der Waals surface area contributed by atoms with E-state index in [0.29, 0.717) is 35.5 Å². The minimum Gasteiger partial charge on any atom is -0.482 e. The SMILES string of the molecule is CC1(C)OC(=C2C(=O)Nc3cc(F)ccc32)C=C1c1ccc(N2CCCC(F)C2)nc1. The van der Waals surface area contributed by atoms with Crippen LogP contribution in [0, 0.1) is 5.82 Å². The van der Waals surface area contributed by atoms with Crippen LogP contribution in [0.4, 0.5) is 20.3 Å². The number of hydrogen-bond acceptors (Lipinski definition) is 4. The van der Waals surface area contributed by atoms with Crippen molar-refractivity contribution < 1.29 is 18.3 Å². The molecule has 5 nitrogen and oxygen atoms in total. The van der Waals surface area contributed by atoms with Gasteiger partial charge in [0.25, 0.3) is 5.91 Å². The topological polar surface area (TPSA) is 54.5 Å². The molecule has 0 saturated carbocycles. The molecule has 1 aromatic heterocycles. The van der Waals surface area contributed by atoms with E-state index in [1.54, 1.807) is 12.3 Å². The van der Waals surface area contributed by atoms with Gasteiger partial charge in [0.15, 0.2) is 0 Å². The predicted molar refractivity (Wildman–Crippen MR) is 116 cm³/mol. The molecule has 0 spiro atoms. The fraction of sp³-hybridized carbons (Fsp3) is 0.333. The van der Waals surface area contributed by atoms with Crippen molar-refractivity contribution >= 4 is 28.6 Å². The zero-order valence-corrected chi connectivity index (χ0v) is 17.4. The van der Waals surface area contributed by atoms with Crippen LogP contribution in [0.3, 0.4) is 0 Å². The van der Waals surface area contributed by atoms with E-state index in [0.717, 1.165) is 29.9 Å². The molecule has 1 atom stereocenters. The summed E-state index contributed by atoms with van der Waals surface area (Å²) in [5, 5.41) is 2.70. The number of carbonyl (C=O) groups excluding carboxylic acids is 1. The molecule has 1 unspecified atom stereocenters. The summed E-state index contributed by atoms with van der Waals surface area (Å²) in [6.45, 7) is 5.03. The summed E-state index contributed by atoms with van der Waals surface area (Å²) in [5.74, 6) is 0.479. The smallest absolute Gasteiger partial charge is 0.260 e. The predicted octanol–water partition coefficient (Wildman–Crippen LogP) is 4.71. The molecule has 2 aromatic rings. The van der Waals surface area contributed by atoms with Crippen molar-refractivity contribution in [2.45, 2.75) is 38.5 Å². The van der Waals surface area contributed by atoms with Crippen molar-refractivity contribution in [3.8, 4) is 0 Å². The molecule has 31 heavy (non-hydrogen) atoms. The maximum absolute atomic E-state index is 13.7. The summed E-state index contributed by atoms with van der Waals surface area (Å²) >= 11 is 0. The average Bonchev–Trinajstić information content (AvgIpc) is 3.22. The first-order valence-electron chi connectivity index (χ1n) is 10.4. The number of hydrogen-bond donors (Lipinski definition) is 1. The zero-order chi connectivity index (χ0) is 21.8. The molecule has 4 heterocycles. The van der Waals surface area contributed by atoms with Gasteiger partial charge in [-0.1, -0.05) is 0 Å². The lowest BCUT2D eigenvalue weighted by Gasteiger charge is -2.30. The number of fused-ring (bicyclic) bond motifs is 1. The van der Waals surface area contributed by atoms with Crippen LogP contribution >= 0.6 is 0 Å². The number of pyridine rings is 1. The summed E-state index contributed by atoms with van der Waals surface area (Å²) in [6.07, 6.45) is 4.22. The molecule has 160 valence electrons. The molecule has 3 aliphatic heterocycles. The molecule has 0 bridgehead atoms. The molecule has 1 amide bonds. The van der Waals surface area contributed by atoms with Crippen LogP contribution in [0.1, 0.15) is 37.8 Å². The third-order valence-corrected chi connectivity index (χ3v) is 6.01. The standard InChI is InChI=1S/C24H23F2N3O2/c1-24(2)18(14-5-8-21(27-12-14)29-9-3-4-16(26)13-29)11-20(31-24)22-17-7-6-15(25)10-19(17)28-23(22)30/h5-8,10-12,16H,3-4,9,13H2,1-2H3,(H,28,30). The summed E-state index contributed by atoms with van der Waals surface area (Å²) in [4.78, 5) is 19.1. The number of aromatic nitrogens is 1. The Bertz CT molecular complexity index is 1120. The zero-order valence-electron chi connectivity index (χ0n) is 17.4. The Morgan fingerprint density at radius 2 is 2.10 bits per heavy atom. The number of rotatable bonds is 2. The number of nitrogens with zero attached hydrogens (tertiary/aromatic N) is 2. The molecule has 3 aliphatic rings. The normalized spacial score (nSPS) is 24.5. The second-order valence-electron chi connectivity index (χ2n) is 8.64. The van der Waals surface area contributed by atoms with Gasteiger partial charge in [-0.15, -0.1) is 0 Å². The number of ether oxygens (including phenoxy) is 1. The molecule has 0 radical (unpaired) electrons. The van der Waals surface area contributed by atoms with E-state index in [1.165, 1.54) is 12.1 Å². The highest BCUT2D eigenvalue weighted by Gasteiger charge is 2.38. The van der Waals surface area contributed by atoms with E-state index >= 15 is 0 Å². The highest BCUT2D eigenvalue weighted by molar-refractivity contribution is 6.32. The number of halogens is 2. The molecular weight excluding hydrogens is 400 g/mol. The van der Waals surface area contributed by atoms with Gasteiger partial charge >= 0.3 is 0 Å². The molecule has 5 rings (SSSR count). The quantitative estimate of drug-likeness (QED) is 0.711. The number of allylic oxidation sites excluding steroid dienone is 1. The Kier molecular flexibility index (Phi) is 4.57. The third kappa shape index (κ3) is 3.48. The van der Waals surface area contributed by atoms with Crippen molar-refractivity contribution in [1.29, 1.82) is 0 Å². The van der Waals surface area contributed by atoms with Gasteiger partial charge in [0.1, 0.15) is 29.2 Å². The number of nitrogens with one attached hydrogen (secondary N) is 1. The lowest BCUT2D eigenvalue weighted by Crippen LogP contribution is -2.36. The van der Waals surface area contributed by atoms with Gasteiger partial charge < -0.3 is 15.0 Å². The van der Waals surface area contributed by atoms with E-state index < -0.39 is 17.6 Å². The fourth-order valence-electron chi connectivity index (χ4n) is 4.47. The summed E-state index contributed by atoms with van der Waals surface area (Å²) in [7, 11) is 0. The van der Waals surface area contributed by atoms with Crippen LogP contribution in [-0.2, 0) is 9.53 Å². The second-order valence-corrected chi connectivity index (χ2v) is 8.64. The lowest BCUT2D eigenvalue weighted by atomic mass is 9.93. The monoisotopic (exact) mass is 423 g/mol.